The van der Waals surface area contributed by atoms with Crippen molar-refractivity contribution in [3.8, 4) is 28.2 Å². The fraction of sp³-hybridized carbons (Fsp3) is 0.0769. The van der Waals surface area contributed by atoms with E-state index >= 15 is 0 Å². The predicted octanol–water partition coefficient (Wildman–Crippen LogP) is 5.14. The van der Waals surface area contributed by atoms with Gasteiger partial charge in [-0.3, -0.25) is 0 Å². The number of nitrogens with zero attached hydrogens (tertiary/aromatic N) is 3. The SMILES string of the molecule is Nc1cccc(-c2ccccc2-n2nc(-c3ccccc3)n(C3=CC=CCC3)c2=O)c1. The summed E-state index contributed by atoms with van der Waals surface area (Å²) in [6.45, 7) is 0. The molecule has 2 N–H and O–H groups in total. The van der Waals surface area contributed by atoms with Crippen LogP contribution >= 0.6 is 0 Å². The highest BCUT2D eigenvalue weighted by Crippen LogP contribution is 2.29. The molecule has 1 aliphatic rings. The van der Waals surface area contributed by atoms with Gasteiger partial charge in [0.05, 0.1) is 5.69 Å². The molecule has 0 amide bonds. The van der Waals surface area contributed by atoms with Gasteiger partial charge >= 0.3 is 5.69 Å². The summed E-state index contributed by atoms with van der Waals surface area (Å²) < 4.78 is 3.23. The molecule has 0 bridgehead atoms. The second kappa shape index (κ2) is 7.95. The van der Waals surface area contributed by atoms with Gasteiger partial charge in [0.2, 0.25) is 0 Å². The monoisotopic (exact) mass is 406 g/mol. The third kappa shape index (κ3) is 3.51. The molecule has 0 saturated carbocycles. The molecule has 0 fully saturated rings. The van der Waals surface area contributed by atoms with E-state index in [-0.39, 0.29) is 5.69 Å². The fourth-order valence-corrected chi connectivity index (χ4v) is 3.94. The van der Waals surface area contributed by atoms with Crippen molar-refractivity contribution in [2.75, 3.05) is 5.73 Å². The van der Waals surface area contributed by atoms with Crippen molar-refractivity contribution < 1.29 is 0 Å². The first-order chi connectivity index (χ1) is 15.2. The minimum Gasteiger partial charge on any atom is -0.399 e. The average Bonchev–Trinajstić information content (AvgIpc) is 3.17. The van der Waals surface area contributed by atoms with Crippen LogP contribution in [0.25, 0.3) is 33.9 Å². The lowest BCUT2D eigenvalue weighted by atomic mass is 10.0. The molecule has 31 heavy (non-hydrogen) atoms. The lowest BCUT2D eigenvalue weighted by molar-refractivity contribution is 0.825. The number of hydrogen-bond donors (Lipinski definition) is 1. The van der Waals surface area contributed by atoms with E-state index in [0.717, 1.165) is 40.9 Å². The molecule has 152 valence electrons. The maximum Gasteiger partial charge on any atom is 0.355 e. The van der Waals surface area contributed by atoms with Crippen LogP contribution in [-0.2, 0) is 0 Å². The molecule has 0 atom stereocenters. The van der Waals surface area contributed by atoms with Crippen LogP contribution in [0.5, 0.6) is 0 Å². The molecule has 1 aromatic heterocycles. The van der Waals surface area contributed by atoms with Crippen molar-refractivity contribution in [3.63, 3.8) is 0 Å². The molecular formula is C26H22N4O. The van der Waals surface area contributed by atoms with E-state index in [1.807, 2.05) is 91.0 Å². The first-order valence-electron chi connectivity index (χ1n) is 10.3. The molecule has 1 aliphatic carbocycles. The smallest absolute Gasteiger partial charge is 0.355 e. The number of allylic oxidation sites excluding steroid dienone is 4. The largest absolute Gasteiger partial charge is 0.399 e. The maximum absolute atomic E-state index is 13.7. The molecule has 3 aromatic carbocycles. The van der Waals surface area contributed by atoms with Crippen molar-refractivity contribution in [2.45, 2.75) is 12.8 Å². The molecule has 0 spiro atoms. The van der Waals surface area contributed by atoms with Gasteiger partial charge in [-0.25, -0.2) is 9.36 Å². The highest BCUT2D eigenvalue weighted by molar-refractivity contribution is 5.75. The van der Waals surface area contributed by atoms with Crippen LogP contribution < -0.4 is 11.4 Å². The molecule has 5 heteroatoms. The quantitative estimate of drug-likeness (QED) is 0.477. The predicted molar refractivity (Wildman–Crippen MR) is 126 cm³/mol. The minimum atomic E-state index is -0.184. The summed E-state index contributed by atoms with van der Waals surface area (Å²) in [6, 6.07) is 25.3. The number of benzene rings is 3. The van der Waals surface area contributed by atoms with Crippen molar-refractivity contribution >= 4 is 11.4 Å². The normalized spacial score (nSPS) is 13.2. The highest BCUT2D eigenvalue weighted by Gasteiger charge is 2.21. The molecule has 5 nitrogen and oxygen atoms in total. The first-order valence-corrected chi connectivity index (χ1v) is 10.3. The van der Waals surface area contributed by atoms with Gasteiger partial charge in [-0.1, -0.05) is 72.8 Å². The van der Waals surface area contributed by atoms with Crippen LogP contribution in [0.1, 0.15) is 12.8 Å². The van der Waals surface area contributed by atoms with Gasteiger partial charge in [0.25, 0.3) is 0 Å². The number of rotatable bonds is 4. The number of para-hydroxylation sites is 1. The minimum absolute atomic E-state index is 0.184. The lowest BCUT2D eigenvalue weighted by Gasteiger charge is -2.11. The van der Waals surface area contributed by atoms with E-state index in [9.17, 15) is 4.79 Å². The number of hydrogen-bond acceptors (Lipinski definition) is 3. The van der Waals surface area contributed by atoms with Gasteiger partial charge in [-0.2, -0.15) is 4.68 Å². The van der Waals surface area contributed by atoms with E-state index in [2.05, 4.69) is 6.08 Å². The van der Waals surface area contributed by atoms with Gasteiger partial charge in [0.15, 0.2) is 5.82 Å². The average molecular weight is 406 g/mol. The zero-order valence-corrected chi connectivity index (χ0v) is 17.0. The summed E-state index contributed by atoms with van der Waals surface area (Å²) in [7, 11) is 0. The van der Waals surface area contributed by atoms with Crippen LogP contribution in [0.4, 0.5) is 5.69 Å². The summed E-state index contributed by atoms with van der Waals surface area (Å²) in [5.74, 6) is 0.634. The van der Waals surface area contributed by atoms with Gasteiger partial charge in [-0.05, 0) is 42.7 Å². The Balaban J connectivity index is 1.76. The van der Waals surface area contributed by atoms with Crippen LogP contribution in [-0.4, -0.2) is 14.3 Å². The lowest BCUT2D eigenvalue weighted by Crippen LogP contribution is -2.24. The van der Waals surface area contributed by atoms with Crippen molar-refractivity contribution in [2.24, 2.45) is 0 Å². The van der Waals surface area contributed by atoms with E-state index < -0.39 is 0 Å². The number of anilines is 1. The second-order valence-corrected chi connectivity index (χ2v) is 7.49. The Labute approximate surface area is 180 Å². The summed E-state index contributed by atoms with van der Waals surface area (Å²) in [5, 5.41) is 4.80. The Kier molecular flexibility index (Phi) is 4.84. The number of nitrogen functional groups attached to an aromatic ring is 1. The molecule has 0 radical (unpaired) electrons. The third-order valence-electron chi connectivity index (χ3n) is 5.42. The summed E-state index contributed by atoms with van der Waals surface area (Å²) in [4.78, 5) is 13.7. The standard InChI is InChI=1S/C26H22N4O/c27-21-13-9-12-20(18-21)23-16-7-8-17-24(23)30-26(31)29(22-14-5-2-6-15-22)25(28-30)19-10-3-1-4-11-19/h1-5,7-14,16-18H,6,15,27H2. The summed E-state index contributed by atoms with van der Waals surface area (Å²) in [6.07, 6.45) is 7.79. The Morgan fingerprint density at radius 2 is 1.65 bits per heavy atom. The molecule has 1 heterocycles. The first kappa shape index (κ1) is 18.9. The van der Waals surface area contributed by atoms with Crippen LogP contribution in [0.15, 0.2) is 102 Å². The molecular weight excluding hydrogens is 384 g/mol. The molecule has 5 rings (SSSR count). The maximum atomic E-state index is 13.7. The topological polar surface area (TPSA) is 65.8 Å². The molecule has 0 aliphatic heterocycles. The highest BCUT2D eigenvalue weighted by atomic mass is 16.2. The van der Waals surface area contributed by atoms with Crippen LogP contribution in [0, 0.1) is 0 Å². The number of aromatic nitrogens is 3. The molecule has 4 aromatic rings. The van der Waals surface area contributed by atoms with Crippen molar-refractivity contribution in [1.82, 2.24) is 14.3 Å². The number of nitrogens with two attached hydrogens (primary N) is 1. The van der Waals surface area contributed by atoms with Crippen molar-refractivity contribution in [3.05, 3.63) is 108 Å². The zero-order chi connectivity index (χ0) is 21.2. The Morgan fingerprint density at radius 3 is 2.42 bits per heavy atom. The van der Waals surface area contributed by atoms with Gasteiger partial charge in [-0.15, -0.1) is 5.10 Å². The van der Waals surface area contributed by atoms with E-state index in [4.69, 9.17) is 10.8 Å². The van der Waals surface area contributed by atoms with E-state index in [1.165, 1.54) is 4.68 Å². The van der Waals surface area contributed by atoms with Gasteiger partial charge in [0, 0.05) is 22.5 Å². The Hall–Kier alpha value is -4.12. The Bertz CT molecular complexity index is 1360. The molecule has 0 unspecified atom stereocenters. The van der Waals surface area contributed by atoms with Gasteiger partial charge in [0.1, 0.15) is 0 Å². The van der Waals surface area contributed by atoms with Crippen LogP contribution in [0.2, 0.25) is 0 Å². The zero-order valence-electron chi connectivity index (χ0n) is 17.0. The van der Waals surface area contributed by atoms with Gasteiger partial charge < -0.3 is 5.73 Å². The summed E-state index contributed by atoms with van der Waals surface area (Å²) in [5.41, 5.74) is 10.9. The second-order valence-electron chi connectivity index (χ2n) is 7.49. The van der Waals surface area contributed by atoms with Crippen LogP contribution in [0.3, 0.4) is 0 Å². The third-order valence-corrected chi connectivity index (χ3v) is 5.42. The summed E-state index contributed by atoms with van der Waals surface area (Å²) >= 11 is 0. The fourth-order valence-electron chi connectivity index (χ4n) is 3.94. The Morgan fingerprint density at radius 1 is 0.871 bits per heavy atom. The van der Waals surface area contributed by atoms with E-state index in [0.29, 0.717) is 11.5 Å². The molecule has 0 saturated heterocycles. The van der Waals surface area contributed by atoms with Crippen molar-refractivity contribution in [1.29, 1.82) is 0 Å². The van der Waals surface area contributed by atoms with E-state index in [1.54, 1.807) is 4.57 Å².